The molecule has 0 saturated carbocycles. The lowest BCUT2D eigenvalue weighted by atomic mass is 9.92. The predicted octanol–water partition coefficient (Wildman–Crippen LogP) is 3.60. The average Bonchev–Trinajstić information content (AvgIpc) is 2.22. The summed E-state index contributed by atoms with van der Waals surface area (Å²) in [5, 5.41) is 9.37. The van der Waals surface area contributed by atoms with Crippen LogP contribution in [0.1, 0.15) is 35.6 Å². The zero-order chi connectivity index (χ0) is 12.1. The van der Waals surface area contributed by atoms with Crippen LogP contribution in [0, 0.1) is 20.8 Å². The van der Waals surface area contributed by atoms with Crippen molar-refractivity contribution in [3.8, 4) is 11.5 Å². The van der Waals surface area contributed by atoms with Crippen molar-refractivity contribution in [3.05, 3.63) is 22.3 Å². The van der Waals surface area contributed by atoms with Gasteiger partial charge in [-0.15, -0.1) is 0 Å². The van der Waals surface area contributed by atoms with Gasteiger partial charge in [-0.05, 0) is 50.8 Å². The van der Waals surface area contributed by atoms with E-state index in [0.717, 1.165) is 40.8 Å². The summed E-state index contributed by atoms with van der Waals surface area (Å²) >= 11 is 6.23. The van der Waals surface area contributed by atoms with Crippen molar-refractivity contribution in [2.24, 2.45) is 0 Å². The van der Waals surface area contributed by atoms with Crippen LogP contribution in [0.5, 0.6) is 11.5 Å². The van der Waals surface area contributed by atoms with Gasteiger partial charge in [-0.3, -0.25) is 0 Å². The maximum absolute atomic E-state index is 9.98. The molecule has 1 aliphatic rings. The molecule has 0 aromatic heterocycles. The van der Waals surface area contributed by atoms with E-state index in [1.54, 1.807) is 0 Å². The number of aromatic hydroxyl groups is 1. The molecule has 1 atom stereocenters. The molecule has 0 spiro atoms. The first kappa shape index (κ1) is 11.6. The van der Waals surface area contributed by atoms with Gasteiger partial charge in [0.25, 0.3) is 0 Å². The van der Waals surface area contributed by atoms with Gasteiger partial charge < -0.3 is 9.84 Å². The van der Waals surface area contributed by atoms with Crippen LogP contribution in [-0.2, 0) is 6.42 Å². The lowest BCUT2D eigenvalue weighted by Crippen LogP contribution is -2.31. The Kier molecular flexibility index (Phi) is 2.58. The number of halogens is 1. The van der Waals surface area contributed by atoms with Crippen LogP contribution in [0.25, 0.3) is 0 Å². The van der Waals surface area contributed by atoms with Gasteiger partial charge >= 0.3 is 0 Å². The molecule has 1 aromatic rings. The van der Waals surface area contributed by atoms with E-state index in [4.69, 9.17) is 16.3 Å². The van der Waals surface area contributed by atoms with Crippen molar-refractivity contribution >= 4 is 11.6 Å². The largest absolute Gasteiger partial charge is 0.507 e. The SMILES string of the molecule is Cc1c(C)c2c(c(C)c1O)CCC(C)(Cl)O2. The molecule has 2 rings (SSSR count). The summed E-state index contributed by atoms with van der Waals surface area (Å²) < 4.78 is 5.82. The van der Waals surface area contributed by atoms with Crippen molar-refractivity contribution in [3.63, 3.8) is 0 Å². The van der Waals surface area contributed by atoms with Gasteiger partial charge in [0.2, 0.25) is 0 Å². The Hall–Kier alpha value is -0.890. The van der Waals surface area contributed by atoms with Crippen LogP contribution < -0.4 is 4.74 Å². The zero-order valence-electron chi connectivity index (χ0n) is 10.1. The number of phenols is 1. The fraction of sp³-hybridized carbons (Fsp3) is 0.538. The van der Waals surface area contributed by atoms with Crippen LogP contribution in [0.15, 0.2) is 0 Å². The van der Waals surface area contributed by atoms with E-state index in [1.165, 1.54) is 0 Å². The third-order valence-corrected chi connectivity index (χ3v) is 3.74. The van der Waals surface area contributed by atoms with Gasteiger partial charge in [0, 0.05) is 12.0 Å². The number of fused-ring (bicyclic) bond motifs is 1. The number of ether oxygens (including phenoxy) is 1. The molecule has 0 radical (unpaired) electrons. The van der Waals surface area contributed by atoms with Crippen molar-refractivity contribution in [2.75, 3.05) is 0 Å². The summed E-state index contributed by atoms with van der Waals surface area (Å²) in [5.41, 5.74) is 3.89. The molecule has 0 bridgehead atoms. The summed E-state index contributed by atoms with van der Waals surface area (Å²) in [7, 11) is 0. The zero-order valence-corrected chi connectivity index (χ0v) is 10.9. The highest BCUT2D eigenvalue weighted by Crippen LogP contribution is 2.44. The second kappa shape index (κ2) is 3.56. The predicted molar refractivity (Wildman–Crippen MR) is 65.5 cm³/mol. The number of phenolic OH excluding ortho intramolecular Hbond substituents is 1. The maximum Gasteiger partial charge on any atom is 0.180 e. The highest BCUT2D eigenvalue weighted by Gasteiger charge is 2.32. The summed E-state index contributed by atoms with van der Waals surface area (Å²) in [6, 6.07) is 0. The standard InChI is InChI=1S/C13H17ClO2/c1-7-8(2)12-10(9(3)11(7)15)5-6-13(4,14)16-12/h15H,5-6H2,1-4H3. The molecule has 88 valence electrons. The van der Waals surface area contributed by atoms with Crippen LogP contribution in [0.3, 0.4) is 0 Å². The number of alkyl halides is 1. The van der Waals surface area contributed by atoms with E-state index < -0.39 is 5.06 Å². The molecule has 0 saturated heterocycles. The van der Waals surface area contributed by atoms with E-state index in [0.29, 0.717) is 5.75 Å². The highest BCUT2D eigenvalue weighted by molar-refractivity contribution is 6.22. The van der Waals surface area contributed by atoms with Crippen LogP contribution in [0.2, 0.25) is 0 Å². The Morgan fingerprint density at radius 2 is 1.81 bits per heavy atom. The fourth-order valence-electron chi connectivity index (χ4n) is 2.22. The van der Waals surface area contributed by atoms with E-state index >= 15 is 0 Å². The van der Waals surface area contributed by atoms with E-state index in [-0.39, 0.29) is 0 Å². The lowest BCUT2D eigenvalue weighted by Gasteiger charge is -2.33. The molecule has 3 heteroatoms. The van der Waals surface area contributed by atoms with Crippen LogP contribution in [0.4, 0.5) is 0 Å². The number of hydrogen-bond donors (Lipinski definition) is 1. The summed E-state index contributed by atoms with van der Waals surface area (Å²) in [6.45, 7) is 7.68. The molecule has 0 fully saturated rings. The molecule has 1 aromatic carbocycles. The summed E-state index contributed by atoms with van der Waals surface area (Å²) in [4.78, 5) is 0. The minimum Gasteiger partial charge on any atom is -0.507 e. The molecule has 0 aliphatic carbocycles. The molecule has 1 N–H and O–H groups in total. The quantitative estimate of drug-likeness (QED) is 0.703. The topological polar surface area (TPSA) is 29.5 Å². The van der Waals surface area contributed by atoms with Gasteiger partial charge in [-0.2, -0.15) is 0 Å². The minimum absolute atomic E-state index is 0.387. The first-order valence-corrected chi connectivity index (χ1v) is 5.91. The number of hydrogen-bond acceptors (Lipinski definition) is 2. The molecule has 1 aliphatic heterocycles. The molecule has 0 amide bonds. The van der Waals surface area contributed by atoms with Crippen molar-refractivity contribution in [1.29, 1.82) is 0 Å². The third kappa shape index (κ3) is 1.65. The van der Waals surface area contributed by atoms with E-state index in [9.17, 15) is 5.11 Å². The van der Waals surface area contributed by atoms with Crippen LogP contribution in [-0.4, -0.2) is 10.2 Å². The second-order valence-electron chi connectivity index (χ2n) is 4.74. The molecule has 1 heterocycles. The Labute approximate surface area is 101 Å². The summed E-state index contributed by atoms with van der Waals surface area (Å²) in [6.07, 6.45) is 1.63. The normalized spacial score (nSPS) is 23.8. The smallest absolute Gasteiger partial charge is 0.180 e. The Bertz CT molecular complexity index is 450. The summed E-state index contributed by atoms with van der Waals surface area (Å²) in [5.74, 6) is 1.24. The Morgan fingerprint density at radius 3 is 2.44 bits per heavy atom. The highest BCUT2D eigenvalue weighted by atomic mass is 35.5. The van der Waals surface area contributed by atoms with Gasteiger partial charge in [0.05, 0.1) is 0 Å². The molecular weight excluding hydrogens is 224 g/mol. The van der Waals surface area contributed by atoms with Crippen molar-refractivity contribution in [1.82, 2.24) is 0 Å². The van der Waals surface area contributed by atoms with Gasteiger partial charge in [-0.25, -0.2) is 0 Å². The molecule has 16 heavy (non-hydrogen) atoms. The van der Waals surface area contributed by atoms with Gasteiger partial charge in [0.15, 0.2) is 5.06 Å². The van der Waals surface area contributed by atoms with E-state index in [1.807, 2.05) is 27.7 Å². The first-order valence-electron chi connectivity index (χ1n) is 5.53. The molecule has 2 nitrogen and oxygen atoms in total. The number of rotatable bonds is 0. The monoisotopic (exact) mass is 240 g/mol. The third-order valence-electron chi connectivity index (χ3n) is 3.48. The number of benzene rings is 1. The van der Waals surface area contributed by atoms with Gasteiger partial charge in [0.1, 0.15) is 11.5 Å². The van der Waals surface area contributed by atoms with Crippen molar-refractivity contribution in [2.45, 2.75) is 45.6 Å². The van der Waals surface area contributed by atoms with Crippen molar-refractivity contribution < 1.29 is 9.84 Å². The molecular formula is C13H17ClO2. The Morgan fingerprint density at radius 1 is 1.19 bits per heavy atom. The molecule has 1 unspecified atom stereocenters. The first-order chi connectivity index (χ1) is 7.33. The van der Waals surface area contributed by atoms with Gasteiger partial charge in [-0.1, -0.05) is 11.6 Å². The Balaban J connectivity index is 2.65. The minimum atomic E-state index is -0.617. The maximum atomic E-state index is 9.98. The van der Waals surface area contributed by atoms with E-state index in [2.05, 4.69) is 0 Å². The van der Waals surface area contributed by atoms with Crippen LogP contribution >= 0.6 is 11.6 Å². The second-order valence-corrected chi connectivity index (χ2v) is 5.53. The fourth-order valence-corrected chi connectivity index (χ4v) is 2.39. The average molecular weight is 241 g/mol. The lowest BCUT2D eigenvalue weighted by molar-refractivity contribution is 0.148.